The summed E-state index contributed by atoms with van der Waals surface area (Å²) in [4.78, 5) is 26.4. The van der Waals surface area contributed by atoms with Crippen LogP contribution in [0, 0.1) is 17.7 Å². The molecule has 1 aliphatic rings. The Labute approximate surface area is 183 Å². The zero-order valence-corrected chi connectivity index (χ0v) is 18.3. The van der Waals surface area contributed by atoms with E-state index in [-0.39, 0.29) is 24.7 Å². The zero-order chi connectivity index (χ0) is 21.5. The van der Waals surface area contributed by atoms with E-state index >= 15 is 0 Å². The Kier molecular flexibility index (Phi) is 7.81. The number of nitrogens with one attached hydrogen (secondary N) is 1. The van der Waals surface area contributed by atoms with E-state index in [1.807, 2.05) is 18.2 Å². The lowest BCUT2D eigenvalue weighted by molar-refractivity contribution is -0.121. The molecule has 1 amide bonds. The summed E-state index contributed by atoms with van der Waals surface area (Å²) in [7, 11) is 0. The molecule has 2 heterocycles. The second-order valence-electron chi connectivity index (χ2n) is 7.16. The first-order chi connectivity index (χ1) is 14.5. The van der Waals surface area contributed by atoms with E-state index in [9.17, 15) is 14.3 Å². The number of hydrogen-bond acceptors (Lipinski definition) is 5. The largest absolute Gasteiger partial charge is 0.396 e. The third-order valence-corrected chi connectivity index (χ3v) is 5.40. The molecule has 1 aromatic carbocycles. The quantitative estimate of drug-likeness (QED) is 0.569. The van der Waals surface area contributed by atoms with Crippen LogP contribution in [0.25, 0.3) is 0 Å². The molecule has 6 nitrogen and oxygen atoms in total. The van der Waals surface area contributed by atoms with Gasteiger partial charge in [-0.15, -0.1) is 0 Å². The summed E-state index contributed by atoms with van der Waals surface area (Å²) in [5, 5.41) is 12.7. The van der Waals surface area contributed by atoms with Crippen molar-refractivity contribution in [3.8, 4) is 0 Å². The fourth-order valence-electron chi connectivity index (χ4n) is 3.30. The van der Waals surface area contributed by atoms with E-state index in [2.05, 4.69) is 36.2 Å². The maximum Gasteiger partial charge on any atom is 0.234 e. The van der Waals surface area contributed by atoms with E-state index < -0.39 is 17.7 Å². The van der Waals surface area contributed by atoms with Crippen molar-refractivity contribution in [2.24, 2.45) is 21.8 Å². The van der Waals surface area contributed by atoms with E-state index in [0.29, 0.717) is 28.9 Å². The molecule has 2 aromatic rings. The van der Waals surface area contributed by atoms with Crippen LogP contribution in [0.1, 0.15) is 25.5 Å². The van der Waals surface area contributed by atoms with Crippen LogP contribution >= 0.6 is 15.9 Å². The lowest BCUT2D eigenvalue weighted by atomic mass is 9.87. The molecule has 30 heavy (non-hydrogen) atoms. The third-order valence-electron chi connectivity index (χ3n) is 4.91. The first-order valence-electron chi connectivity index (χ1n) is 9.84. The van der Waals surface area contributed by atoms with Crippen molar-refractivity contribution < 1.29 is 14.3 Å². The highest BCUT2D eigenvalue weighted by Crippen LogP contribution is 2.26. The molecule has 2 atom stereocenters. The van der Waals surface area contributed by atoms with Gasteiger partial charge >= 0.3 is 0 Å². The number of carbonyl (C=O) groups is 1. The van der Waals surface area contributed by atoms with Gasteiger partial charge in [-0.2, -0.15) is 0 Å². The highest BCUT2D eigenvalue weighted by molar-refractivity contribution is 9.10. The second kappa shape index (κ2) is 10.5. The Morgan fingerprint density at radius 3 is 2.83 bits per heavy atom. The Hall–Kier alpha value is -2.45. The van der Waals surface area contributed by atoms with Crippen LogP contribution in [0.5, 0.6) is 0 Å². The molecule has 3 rings (SSSR count). The molecule has 0 spiro atoms. The van der Waals surface area contributed by atoms with Gasteiger partial charge in [-0.25, -0.2) is 4.39 Å². The number of aliphatic hydroxyl groups is 1. The molecular weight excluding hydrogens is 451 g/mol. The number of amides is 1. The monoisotopic (exact) mass is 474 g/mol. The number of halogens is 2. The summed E-state index contributed by atoms with van der Waals surface area (Å²) in [6.07, 6.45) is 3.19. The number of carbonyl (C=O) groups excluding carboxylic acids is 1. The number of hydrogen-bond donors (Lipinski definition) is 2. The second-order valence-corrected chi connectivity index (χ2v) is 8.08. The Balaban J connectivity index is 1.95. The van der Waals surface area contributed by atoms with E-state index in [4.69, 9.17) is 0 Å². The van der Waals surface area contributed by atoms with Crippen LogP contribution in [-0.2, 0) is 11.3 Å². The molecule has 0 saturated heterocycles. The van der Waals surface area contributed by atoms with Gasteiger partial charge < -0.3 is 10.4 Å². The zero-order valence-electron chi connectivity index (χ0n) is 16.7. The number of rotatable bonds is 8. The number of aliphatic hydroxyl groups excluding tert-OH is 1. The van der Waals surface area contributed by atoms with Gasteiger partial charge in [0.15, 0.2) is 0 Å². The predicted molar refractivity (Wildman–Crippen MR) is 119 cm³/mol. The van der Waals surface area contributed by atoms with Crippen molar-refractivity contribution in [1.29, 1.82) is 0 Å². The van der Waals surface area contributed by atoms with Crippen molar-refractivity contribution in [2.75, 3.05) is 13.2 Å². The Morgan fingerprint density at radius 2 is 2.20 bits per heavy atom. The predicted octanol–water partition coefficient (Wildman–Crippen LogP) is 3.85. The molecule has 0 aliphatic carbocycles. The maximum absolute atomic E-state index is 14.5. The van der Waals surface area contributed by atoms with Gasteiger partial charge in [0.05, 0.1) is 24.5 Å². The molecule has 158 valence electrons. The number of nitrogens with zero attached hydrogens (tertiary/aromatic N) is 3. The molecule has 1 aromatic heterocycles. The fraction of sp³-hybridized carbons (Fsp3) is 0.364. The normalized spacial score (nSPS) is 16.1. The van der Waals surface area contributed by atoms with Crippen LogP contribution in [0.4, 0.5) is 10.1 Å². The first kappa shape index (κ1) is 22.2. The molecule has 0 saturated carbocycles. The van der Waals surface area contributed by atoms with Gasteiger partial charge in [0.1, 0.15) is 11.7 Å². The summed E-state index contributed by atoms with van der Waals surface area (Å²) in [6, 6.07) is 10.0. The first-order valence-corrected chi connectivity index (χ1v) is 10.6. The number of aromatic nitrogens is 1. The molecule has 8 heteroatoms. The van der Waals surface area contributed by atoms with Crippen molar-refractivity contribution >= 4 is 38.9 Å². The Bertz CT molecular complexity index is 949. The summed E-state index contributed by atoms with van der Waals surface area (Å²) in [5.41, 5.74) is 1.96. The van der Waals surface area contributed by atoms with E-state index in [1.165, 1.54) is 6.07 Å². The standard InChI is InChI=1S/C22H24BrFN4O2/c1-14(13-29)21(28-18-8-7-15(23)11-17(18)24)20(19-6-4-10-26-19)22(30)27-12-16-5-2-3-9-25-16/h2-3,5,7-9,11,14,20,29H,4,6,10,12-13H2,1H3,(H,27,30). The van der Waals surface area contributed by atoms with Gasteiger partial charge in [0.25, 0.3) is 0 Å². The number of benzene rings is 1. The molecule has 2 N–H and O–H groups in total. The van der Waals surface area contributed by atoms with Gasteiger partial charge in [0.2, 0.25) is 5.91 Å². The number of aliphatic imine (C=N–C) groups is 2. The average molecular weight is 475 g/mol. The van der Waals surface area contributed by atoms with Gasteiger partial charge in [0, 0.05) is 34.6 Å². The van der Waals surface area contributed by atoms with Crippen LogP contribution in [0.15, 0.2) is 57.1 Å². The SMILES string of the molecule is CC(CO)C(=Nc1ccc(Br)cc1F)C(C(=O)NCc1ccccn1)C1=NCCC1. The van der Waals surface area contributed by atoms with Crippen LogP contribution in [0.2, 0.25) is 0 Å². The fourth-order valence-corrected chi connectivity index (χ4v) is 3.63. The van der Waals surface area contributed by atoms with E-state index in [0.717, 1.165) is 12.1 Å². The molecular formula is C22H24BrFN4O2. The van der Waals surface area contributed by atoms with E-state index in [1.54, 1.807) is 25.3 Å². The average Bonchev–Trinajstić information content (AvgIpc) is 3.28. The minimum atomic E-state index is -0.763. The maximum atomic E-state index is 14.5. The molecule has 0 bridgehead atoms. The molecule has 1 aliphatic heterocycles. The topological polar surface area (TPSA) is 86.9 Å². The Morgan fingerprint density at radius 1 is 1.37 bits per heavy atom. The molecule has 2 unspecified atom stereocenters. The summed E-state index contributed by atoms with van der Waals surface area (Å²) in [6.45, 7) is 2.46. The van der Waals surface area contributed by atoms with Gasteiger partial charge in [-0.05, 0) is 43.2 Å². The summed E-state index contributed by atoms with van der Waals surface area (Å²) < 4.78 is 15.0. The van der Waals surface area contributed by atoms with Crippen molar-refractivity contribution in [2.45, 2.75) is 26.3 Å². The molecule has 0 fully saturated rings. The van der Waals surface area contributed by atoms with Crippen molar-refractivity contribution in [3.63, 3.8) is 0 Å². The minimum absolute atomic E-state index is 0.120. The number of pyridine rings is 1. The highest BCUT2D eigenvalue weighted by Gasteiger charge is 2.33. The van der Waals surface area contributed by atoms with Gasteiger partial charge in [-0.3, -0.25) is 19.8 Å². The highest BCUT2D eigenvalue weighted by atomic mass is 79.9. The van der Waals surface area contributed by atoms with Crippen molar-refractivity contribution in [3.05, 3.63) is 58.6 Å². The van der Waals surface area contributed by atoms with Crippen LogP contribution in [0.3, 0.4) is 0 Å². The van der Waals surface area contributed by atoms with Crippen LogP contribution in [-0.4, -0.2) is 40.6 Å². The van der Waals surface area contributed by atoms with Gasteiger partial charge in [-0.1, -0.05) is 28.9 Å². The smallest absolute Gasteiger partial charge is 0.234 e. The van der Waals surface area contributed by atoms with Crippen molar-refractivity contribution in [1.82, 2.24) is 10.3 Å². The lowest BCUT2D eigenvalue weighted by Gasteiger charge is -2.23. The lowest BCUT2D eigenvalue weighted by Crippen LogP contribution is -2.42. The minimum Gasteiger partial charge on any atom is -0.396 e. The van der Waals surface area contributed by atoms with Crippen LogP contribution < -0.4 is 5.32 Å². The third kappa shape index (κ3) is 5.58. The summed E-state index contributed by atoms with van der Waals surface area (Å²) in [5.74, 6) is -1.99. The molecule has 0 radical (unpaired) electrons. The summed E-state index contributed by atoms with van der Waals surface area (Å²) >= 11 is 3.24.